The van der Waals surface area contributed by atoms with Crippen molar-refractivity contribution in [2.75, 3.05) is 0 Å². The topological polar surface area (TPSA) is 60.4 Å². The van der Waals surface area contributed by atoms with Crippen LogP contribution in [-0.4, -0.2) is 23.6 Å². The molecule has 2 fully saturated rings. The summed E-state index contributed by atoms with van der Waals surface area (Å²) in [4.78, 5) is 35.2. The molecule has 0 spiro atoms. The zero-order valence-electron chi connectivity index (χ0n) is 13.6. The van der Waals surface area contributed by atoms with Gasteiger partial charge in [-0.25, -0.2) is 0 Å². The van der Waals surface area contributed by atoms with Crippen LogP contribution in [0.4, 0.5) is 0 Å². The van der Waals surface area contributed by atoms with Gasteiger partial charge < -0.3 is 4.74 Å². The van der Waals surface area contributed by atoms with E-state index >= 15 is 0 Å². The molecule has 1 aliphatic heterocycles. The molecule has 0 aromatic carbocycles. The molecule has 22 heavy (non-hydrogen) atoms. The van der Waals surface area contributed by atoms with Gasteiger partial charge in [-0.2, -0.15) is 0 Å². The third kappa shape index (κ3) is 3.93. The lowest BCUT2D eigenvalue weighted by atomic mass is 9.67. The first-order valence-corrected chi connectivity index (χ1v) is 7.88. The van der Waals surface area contributed by atoms with Crippen LogP contribution in [0, 0.1) is 5.41 Å². The lowest BCUT2D eigenvalue weighted by Gasteiger charge is -2.35. The predicted molar refractivity (Wildman–Crippen MR) is 83.2 cm³/mol. The Morgan fingerprint density at radius 1 is 1.23 bits per heavy atom. The van der Waals surface area contributed by atoms with Gasteiger partial charge in [-0.05, 0) is 52.2 Å². The fourth-order valence-corrected chi connectivity index (χ4v) is 3.47. The number of carbonyl (C=O) groups excluding carboxylic acids is 3. The van der Waals surface area contributed by atoms with Crippen LogP contribution in [-0.2, 0) is 19.1 Å². The van der Waals surface area contributed by atoms with E-state index in [1.165, 1.54) is 0 Å². The quantitative estimate of drug-likeness (QED) is 0.577. The minimum atomic E-state index is -0.346. The molecule has 0 amide bonds. The molecule has 1 saturated carbocycles. The molecular formula is C18H24O4. The number of Topliss-reactive ketones (excluding diaryl/α,β-unsaturated/α-hetero) is 1. The highest BCUT2D eigenvalue weighted by Crippen LogP contribution is 2.48. The zero-order valence-corrected chi connectivity index (χ0v) is 13.6. The van der Waals surface area contributed by atoms with Crippen LogP contribution in [0.25, 0.3) is 0 Å². The van der Waals surface area contributed by atoms with Crippen molar-refractivity contribution in [2.24, 2.45) is 5.41 Å². The lowest BCUT2D eigenvalue weighted by Crippen LogP contribution is -2.38. The van der Waals surface area contributed by atoms with Crippen molar-refractivity contribution >= 4 is 17.5 Å². The molecule has 120 valence electrons. The van der Waals surface area contributed by atoms with Gasteiger partial charge >= 0.3 is 5.97 Å². The summed E-state index contributed by atoms with van der Waals surface area (Å²) in [6, 6.07) is 0. The normalized spacial score (nSPS) is 28.1. The lowest BCUT2D eigenvalue weighted by molar-refractivity contribution is -0.144. The number of hydrogen-bond donors (Lipinski definition) is 0. The Balaban J connectivity index is 2.03. The monoisotopic (exact) mass is 304 g/mol. The first-order valence-electron chi connectivity index (χ1n) is 7.88. The van der Waals surface area contributed by atoms with Gasteiger partial charge in [0.25, 0.3) is 0 Å². The SMILES string of the molecule is CC(C)=CC(=O)C=C(C)CCC12CC(=O)CCC1OC(=O)C2. The maximum Gasteiger partial charge on any atom is 0.306 e. The molecule has 1 saturated heterocycles. The number of rotatable bonds is 5. The van der Waals surface area contributed by atoms with Gasteiger partial charge in [0.1, 0.15) is 11.9 Å². The Labute approximate surface area is 131 Å². The zero-order chi connectivity index (χ0) is 16.3. The van der Waals surface area contributed by atoms with E-state index in [9.17, 15) is 14.4 Å². The molecule has 1 aliphatic carbocycles. The number of ether oxygens (including phenoxy) is 1. The maximum absolute atomic E-state index is 11.8. The number of esters is 1. The standard InChI is InChI=1S/C18H24O4/c1-12(2)8-15(20)9-13(3)6-7-18-10-14(19)4-5-16(18)22-17(21)11-18/h8-9,16H,4-7,10-11H2,1-3H3. The van der Waals surface area contributed by atoms with Crippen LogP contribution >= 0.6 is 0 Å². The Morgan fingerprint density at radius 3 is 2.64 bits per heavy atom. The summed E-state index contributed by atoms with van der Waals surface area (Å²) in [5, 5.41) is 0. The summed E-state index contributed by atoms with van der Waals surface area (Å²) in [5.41, 5.74) is 1.61. The van der Waals surface area contributed by atoms with E-state index in [-0.39, 0.29) is 29.1 Å². The van der Waals surface area contributed by atoms with Gasteiger partial charge in [0.15, 0.2) is 5.78 Å². The second-order valence-corrected chi connectivity index (χ2v) is 6.89. The van der Waals surface area contributed by atoms with E-state index in [2.05, 4.69) is 0 Å². The molecule has 2 unspecified atom stereocenters. The van der Waals surface area contributed by atoms with Crippen molar-refractivity contribution in [3.05, 3.63) is 23.3 Å². The minimum Gasteiger partial charge on any atom is -0.462 e. The second-order valence-electron chi connectivity index (χ2n) is 6.89. The van der Waals surface area contributed by atoms with Gasteiger partial charge in [0, 0.05) is 18.3 Å². The fourth-order valence-electron chi connectivity index (χ4n) is 3.47. The van der Waals surface area contributed by atoms with Gasteiger partial charge in [-0.3, -0.25) is 14.4 Å². The summed E-state index contributed by atoms with van der Waals surface area (Å²) in [7, 11) is 0. The average Bonchev–Trinajstić information content (AvgIpc) is 2.71. The summed E-state index contributed by atoms with van der Waals surface area (Å²) in [6.45, 7) is 5.70. The first kappa shape index (κ1) is 16.7. The molecule has 2 rings (SSSR count). The third-order valence-corrected chi connectivity index (χ3v) is 4.52. The summed E-state index contributed by atoms with van der Waals surface area (Å²) < 4.78 is 5.40. The van der Waals surface area contributed by atoms with E-state index in [1.54, 1.807) is 12.2 Å². The van der Waals surface area contributed by atoms with Crippen LogP contribution in [0.5, 0.6) is 0 Å². The summed E-state index contributed by atoms with van der Waals surface area (Å²) >= 11 is 0. The molecule has 1 heterocycles. The van der Waals surface area contributed by atoms with Gasteiger partial charge in [0.2, 0.25) is 0 Å². The van der Waals surface area contributed by atoms with Crippen LogP contribution < -0.4 is 0 Å². The van der Waals surface area contributed by atoms with E-state index in [0.717, 1.165) is 17.6 Å². The average molecular weight is 304 g/mol. The van der Waals surface area contributed by atoms with Crippen molar-refractivity contribution in [1.29, 1.82) is 0 Å². The summed E-state index contributed by atoms with van der Waals surface area (Å²) in [5.74, 6) is 0.0174. The van der Waals surface area contributed by atoms with E-state index in [1.807, 2.05) is 20.8 Å². The van der Waals surface area contributed by atoms with Crippen LogP contribution in [0.3, 0.4) is 0 Å². The van der Waals surface area contributed by atoms with Crippen molar-refractivity contribution in [3.8, 4) is 0 Å². The van der Waals surface area contributed by atoms with Gasteiger partial charge in [-0.15, -0.1) is 0 Å². The summed E-state index contributed by atoms with van der Waals surface area (Å²) in [6.07, 6.45) is 6.47. The number of fused-ring (bicyclic) bond motifs is 1. The van der Waals surface area contributed by atoms with Crippen molar-refractivity contribution in [3.63, 3.8) is 0 Å². The fraction of sp³-hybridized carbons (Fsp3) is 0.611. The minimum absolute atomic E-state index is 0.00924. The highest BCUT2D eigenvalue weighted by atomic mass is 16.6. The number of ketones is 2. The van der Waals surface area contributed by atoms with E-state index in [4.69, 9.17) is 4.74 Å². The molecule has 0 N–H and O–H groups in total. The number of hydrogen-bond acceptors (Lipinski definition) is 4. The predicted octanol–water partition coefficient (Wildman–Crippen LogP) is 3.30. The Bertz CT molecular complexity index is 549. The van der Waals surface area contributed by atoms with Crippen LogP contribution in [0.1, 0.15) is 59.3 Å². The van der Waals surface area contributed by atoms with Crippen molar-refractivity contribution in [2.45, 2.75) is 65.4 Å². The highest BCUT2D eigenvalue weighted by molar-refractivity contribution is 6.00. The molecular weight excluding hydrogens is 280 g/mol. The molecule has 2 atom stereocenters. The van der Waals surface area contributed by atoms with Gasteiger partial charge in [-0.1, -0.05) is 11.1 Å². The molecule has 4 heteroatoms. The Morgan fingerprint density at radius 2 is 1.95 bits per heavy atom. The number of allylic oxidation sites excluding steroid dienone is 4. The Hall–Kier alpha value is -1.71. The molecule has 0 aromatic rings. The largest absolute Gasteiger partial charge is 0.462 e. The van der Waals surface area contributed by atoms with Crippen LogP contribution in [0.2, 0.25) is 0 Å². The van der Waals surface area contributed by atoms with E-state index in [0.29, 0.717) is 32.1 Å². The van der Waals surface area contributed by atoms with Gasteiger partial charge in [0.05, 0.1) is 6.42 Å². The maximum atomic E-state index is 11.8. The molecule has 2 aliphatic rings. The number of carbonyl (C=O) groups is 3. The molecule has 0 radical (unpaired) electrons. The van der Waals surface area contributed by atoms with Crippen molar-refractivity contribution < 1.29 is 19.1 Å². The van der Waals surface area contributed by atoms with Crippen LogP contribution in [0.15, 0.2) is 23.3 Å². The second kappa shape index (κ2) is 6.59. The first-order chi connectivity index (χ1) is 10.3. The smallest absolute Gasteiger partial charge is 0.306 e. The highest BCUT2D eigenvalue weighted by Gasteiger charge is 2.51. The van der Waals surface area contributed by atoms with Crippen molar-refractivity contribution in [1.82, 2.24) is 0 Å². The molecule has 4 nitrogen and oxygen atoms in total. The molecule has 0 aromatic heterocycles. The Kier molecular flexibility index (Phi) is 4.99. The van der Waals surface area contributed by atoms with E-state index < -0.39 is 0 Å². The molecule has 0 bridgehead atoms. The third-order valence-electron chi connectivity index (χ3n) is 4.52.